The average molecular weight is 329 g/mol. The van der Waals surface area contributed by atoms with E-state index in [0.717, 1.165) is 26.1 Å². The van der Waals surface area contributed by atoms with Crippen molar-refractivity contribution in [3.8, 4) is 11.5 Å². The van der Waals surface area contributed by atoms with E-state index in [1.165, 1.54) is 0 Å². The topological polar surface area (TPSA) is 68.2 Å². The van der Waals surface area contributed by atoms with Crippen molar-refractivity contribution < 1.29 is 4.52 Å². The lowest BCUT2D eigenvalue weighted by atomic mass is 10.2. The summed E-state index contributed by atoms with van der Waals surface area (Å²) in [5, 5.41) is 4.83. The number of halogens is 2. The highest BCUT2D eigenvalue weighted by Crippen LogP contribution is 2.33. The SMILES string of the molecule is CCN(CC)CCc1noc(-c2cc(Cl)cc(Cl)c2N)n1. The third-order valence-corrected chi connectivity index (χ3v) is 3.87. The molecule has 0 unspecified atom stereocenters. The molecule has 0 bridgehead atoms. The number of anilines is 1. The van der Waals surface area contributed by atoms with Crippen LogP contribution in [0.1, 0.15) is 19.7 Å². The Morgan fingerprint density at radius 1 is 1.24 bits per heavy atom. The summed E-state index contributed by atoms with van der Waals surface area (Å²) >= 11 is 12.0. The third-order valence-electron chi connectivity index (χ3n) is 3.34. The molecule has 0 aliphatic rings. The maximum Gasteiger partial charge on any atom is 0.260 e. The van der Waals surface area contributed by atoms with Crippen LogP contribution < -0.4 is 5.73 Å². The van der Waals surface area contributed by atoms with Gasteiger partial charge in [-0.15, -0.1) is 0 Å². The molecule has 7 heteroatoms. The monoisotopic (exact) mass is 328 g/mol. The zero-order valence-corrected chi connectivity index (χ0v) is 13.6. The van der Waals surface area contributed by atoms with Gasteiger partial charge in [0, 0.05) is 18.0 Å². The van der Waals surface area contributed by atoms with Crippen LogP contribution in [0.25, 0.3) is 11.5 Å². The van der Waals surface area contributed by atoms with Gasteiger partial charge in [0.05, 0.1) is 16.3 Å². The fraction of sp³-hybridized carbons (Fsp3) is 0.429. The lowest BCUT2D eigenvalue weighted by Crippen LogP contribution is -2.25. The van der Waals surface area contributed by atoms with Crippen molar-refractivity contribution in [1.82, 2.24) is 15.0 Å². The molecule has 0 amide bonds. The van der Waals surface area contributed by atoms with E-state index in [1.807, 2.05) is 0 Å². The Kier molecular flexibility index (Phi) is 5.45. The van der Waals surface area contributed by atoms with E-state index in [0.29, 0.717) is 33.0 Å². The number of rotatable bonds is 6. The van der Waals surface area contributed by atoms with Crippen LogP contribution in [0, 0.1) is 0 Å². The molecular formula is C14H18Cl2N4O. The molecule has 2 rings (SSSR count). The first-order chi connectivity index (χ1) is 10.0. The largest absolute Gasteiger partial charge is 0.397 e. The molecule has 2 N–H and O–H groups in total. The molecule has 0 aliphatic heterocycles. The van der Waals surface area contributed by atoms with Crippen molar-refractivity contribution in [3.05, 3.63) is 28.0 Å². The van der Waals surface area contributed by atoms with Gasteiger partial charge in [0.25, 0.3) is 5.89 Å². The molecule has 1 aromatic carbocycles. The summed E-state index contributed by atoms with van der Waals surface area (Å²) in [6.45, 7) is 7.13. The number of nitrogen functional groups attached to an aromatic ring is 1. The van der Waals surface area contributed by atoms with Crippen LogP contribution >= 0.6 is 23.2 Å². The van der Waals surface area contributed by atoms with Crippen molar-refractivity contribution in [1.29, 1.82) is 0 Å². The molecule has 0 saturated carbocycles. The fourth-order valence-corrected chi connectivity index (χ4v) is 2.52. The Morgan fingerprint density at radius 3 is 2.62 bits per heavy atom. The second-order valence-electron chi connectivity index (χ2n) is 4.64. The molecule has 0 spiro atoms. The predicted molar refractivity (Wildman–Crippen MR) is 85.7 cm³/mol. The lowest BCUT2D eigenvalue weighted by Gasteiger charge is -2.16. The van der Waals surface area contributed by atoms with Gasteiger partial charge in [-0.1, -0.05) is 42.2 Å². The van der Waals surface area contributed by atoms with Gasteiger partial charge >= 0.3 is 0 Å². The third kappa shape index (κ3) is 3.87. The standard InChI is InChI=1S/C14H18Cl2N4O/c1-3-20(4-2)6-5-12-18-14(21-19-12)10-7-9(15)8-11(16)13(10)17/h7-8H,3-6,17H2,1-2H3. The summed E-state index contributed by atoms with van der Waals surface area (Å²) in [6.07, 6.45) is 0.722. The molecule has 21 heavy (non-hydrogen) atoms. The minimum atomic E-state index is 0.339. The normalized spacial score (nSPS) is 11.3. The summed E-state index contributed by atoms with van der Waals surface area (Å²) < 4.78 is 5.26. The van der Waals surface area contributed by atoms with Crippen molar-refractivity contribution in [2.75, 3.05) is 25.4 Å². The summed E-state index contributed by atoms with van der Waals surface area (Å²) in [6, 6.07) is 3.25. The minimum Gasteiger partial charge on any atom is -0.397 e. The van der Waals surface area contributed by atoms with Gasteiger partial charge in [-0.3, -0.25) is 0 Å². The number of benzene rings is 1. The Labute approximate surface area is 134 Å². The summed E-state index contributed by atoms with van der Waals surface area (Å²) in [5.41, 5.74) is 6.88. The second kappa shape index (κ2) is 7.11. The highest BCUT2D eigenvalue weighted by atomic mass is 35.5. The van der Waals surface area contributed by atoms with Crippen LogP contribution in [-0.2, 0) is 6.42 Å². The maximum absolute atomic E-state index is 6.01. The molecule has 0 radical (unpaired) electrons. The van der Waals surface area contributed by atoms with Gasteiger partial charge < -0.3 is 15.2 Å². The highest BCUT2D eigenvalue weighted by molar-refractivity contribution is 6.37. The molecule has 5 nitrogen and oxygen atoms in total. The number of nitrogens with two attached hydrogens (primary N) is 1. The number of hydrogen-bond acceptors (Lipinski definition) is 5. The van der Waals surface area contributed by atoms with E-state index in [2.05, 4.69) is 28.9 Å². The first-order valence-electron chi connectivity index (χ1n) is 6.85. The Bertz CT molecular complexity index is 611. The van der Waals surface area contributed by atoms with Gasteiger partial charge in [-0.2, -0.15) is 4.98 Å². The summed E-state index contributed by atoms with van der Waals surface area (Å²) in [4.78, 5) is 6.65. The molecule has 0 atom stereocenters. The van der Waals surface area contributed by atoms with Crippen LogP contribution in [-0.4, -0.2) is 34.7 Å². The Morgan fingerprint density at radius 2 is 1.95 bits per heavy atom. The molecule has 0 saturated heterocycles. The lowest BCUT2D eigenvalue weighted by molar-refractivity contribution is 0.303. The molecular weight excluding hydrogens is 311 g/mol. The number of nitrogens with zero attached hydrogens (tertiary/aromatic N) is 3. The van der Waals surface area contributed by atoms with E-state index >= 15 is 0 Å². The molecule has 114 valence electrons. The first kappa shape index (κ1) is 16.1. The molecule has 2 aromatic rings. The molecule has 1 aromatic heterocycles. The van der Waals surface area contributed by atoms with Gasteiger partial charge in [-0.05, 0) is 25.2 Å². The van der Waals surface area contributed by atoms with Crippen LogP contribution in [0.5, 0.6) is 0 Å². The van der Waals surface area contributed by atoms with Crippen LogP contribution in [0.3, 0.4) is 0 Å². The van der Waals surface area contributed by atoms with E-state index in [9.17, 15) is 0 Å². The van der Waals surface area contributed by atoms with Crippen molar-refractivity contribution in [2.24, 2.45) is 0 Å². The van der Waals surface area contributed by atoms with Gasteiger partial charge in [-0.25, -0.2) is 0 Å². The number of aromatic nitrogens is 2. The van der Waals surface area contributed by atoms with Gasteiger partial charge in [0.1, 0.15) is 0 Å². The van der Waals surface area contributed by atoms with Gasteiger partial charge in [0.15, 0.2) is 5.82 Å². The summed E-state index contributed by atoms with van der Waals surface area (Å²) in [7, 11) is 0. The van der Waals surface area contributed by atoms with E-state index in [4.69, 9.17) is 33.5 Å². The smallest absolute Gasteiger partial charge is 0.260 e. The van der Waals surface area contributed by atoms with E-state index < -0.39 is 0 Å². The molecule has 0 aliphatic carbocycles. The Balaban J connectivity index is 2.17. The van der Waals surface area contributed by atoms with Crippen molar-refractivity contribution in [3.63, 3.8) is 0 Å². The van der Waals surface area contributed by atoms with Crippen molar-refractivity contribution in [2.45, 2.75) is 20.3 Å². The fourth-order valence-electron chi connectivity index (χ4n) is 2.02. The zero-order chi connectivity index (χ0) is 15.4. The Hall–Kier alpha value is -1.30. The van der Waals surface area contributed by atoms with E-state index in [1.54, 1.807) is 12.1 Å². The number of hydrogen-bond donors (Lipinski definition) is 1. The summed E-state index contributed by atoms with van der Waals surface area (Å²) in [5.74, 6) is 0.985. The second-order valence-corrected chi connectivity index (χ2v) is 5.49. The zero-order valence-electron chi connectivity index (χ0n) is 12.1. The quantitative estimate of drug-likeness (QED) is 0.822. The number of likely N-dealkylation sites (N-methyl/N-ethyl adjacent to an activating group) is 1. The van der Waals surface area contributed by atoms with Crippen molar-refractivity contribution >= 4 is 28.9 Å². The average Bonchev–Trinajstić information content (AvgIpc) is 2.92. The minimum absolute atomic E-state index is 0.339. The van der Waals surface area contributed by atoms with Gasteiger partial charge in [0.2, 0.25) is 0 Å². The molecule has 1 heterocycles. The molecule has 0 fully saturated rings. The maximum atomic E-state index is 6.01. The first-order valence-corrected chi connectivity index (χ1v) is 7.60. The van der Waals surface area contributed by atoms with E-state index in [-0.39, 0.29) is 0 Å². The van der Waals surface area contributed by atoms with Crippen LogP contribution in [0.2, 0.25) is 10.0 Å². The van der Waals surface area contributed by atoms with Crippen LogP contribution in [0.15, 0.2) is 16.7 Å². The highest BCUT2D eigenvalue weighted by Gasteiger charge is 2.15. The van der Waals surface area contributed by atoms with Crippen LogP contribution in [0.4, 0.5) is 5.69 Å². The predicted octanol–water partition coefficient (Wildman–Crippen LogP) is 3.51.